The molecular weight excluding hydrogens is 937 g/mol. The lowest BCUT2D eigenvalue weighted by molar-refractivity contribution is -0.167. The molecule has 0 heterocycles. The Bertz CT molecular complexity index is 1230. The molecule has 6 nitrogen and oxygen atoms in total. The zero-order valence-corrected chi connectivity index (χ0v) is 51.6. The molecule has 0 saturated carbocycles. The summed E-state index contributed by atoms with van der Waals surface area (Å²) in [5.74, 6) is -0.839. The average molecular weight is 1070 g/mol. The van der Waals surface area contributed by atoms with Crippen molar-refractivity contribution in [1.82, 2.24) is 0 Å². The molecule has 0 aliphatic heterocycles. The highest BCUT2D eigenvalue weighted by atomic mass is 16.6. The molecule has 0 N–H and O–H groups in total. The Balaban J connectivity index is 4.23. The highest BCUT2D eigenvalue weighted by Gasteiger charge is 2.19. The fraction of sp³-hybridized carbons (Fsp3) is 0.900. The molecule has 76 heavy (non-hydrogen) atoms. The first-order valence-corrected chi connectivity index (χ1v) is 34.3. The minimum Gasteiger partial charge on any atom is -0.462 e. The van der Waals surface area contributed by atoms with Gasteiger partial charge in [0, 0.05) is 19.3 Å². The third-order valence-electron chi connectivity index (χ3n) is 15.7. The summed E-state index contributed by atoms with van der Waals surface area (Å²) in [6.45, 7) is 6.71. The largest absolute Gasteiger partial charge is 0.462 e. The number of esters is 3. The lowest BCUT2D eigenvalue weighted by atomic mass is 10.0. The van der Waals surface area contributed by atoms with E-state index in [4.69, 9.17) is 14.2 Å². The summed E-state index contributed by atoms with van der Waals surface area (Å²) in [6, 6.07) is 0. The average Bonchev–Trinajstić information content (AvgIpc) is 3.42. The summed E-state index contributed by atoms with van der Waals surface area (Å²) >= 11 is 0. The Kier molecular flexibility index (Phi) is 63.6. The van der Waals surface area contributed by atoms with E-state index in [0.29, 0.717) is 19.3 Å². The number of allylic oxidation sites excluding steroid dienone is 4. The molecule has 0 aromatic rings. The van der Waals surface area contributed by atoms with E-state index in [2.05, 4.69) is 45.1 Å². The van der Waals surface area contributed by atoms with Crippen LogP contribution in [0.1, 0.15) is 387 Å². The van der Waals surface area contributed by atoms with E-state index in [1.165, 1.54) is 289 Å². The monoisotopic (exact) mass is 1070 g/mol. The summed E-state index contributed by atoms with van der Waals surface area (Å²) in [6.07, 6.45) is 79.1. The molecule has 1 unspecified atom stereocenters. The third-order valence-corrected chi connectivity index (χ3v) is 15.7. The lowest BCUT2D eigenvalue weighted by Gasteiger charge is -2.18. The molecule has 0 radical (unpaired) electrons. The van der Waals surface area contributed by atoms with Gasteiger partial charge in [-0.3, -0.25) is 14.4 Å². The van der Waals surface area contributed by atoms with Gasteiger partial charge in [-0.1, -0.05) is 321 Å². The third kappa shape index (κ3) is 62.7. The van der Waals surface area contributed by atoms with Gasteiger partial charge in [-0.15, -0.1) is 0 Å². The van der Waals surface area contributed by atoms with Gasteiger partial charge in [0.15, 0.2) is 6.10 Å². The first-order valence-electron chi connectivity index (χ1n) is 34.3. The maximum absolute atomic E-state index is 12.9. The predicted molar refractivity (Wildman–Crippen MR) is 330 cm³/mol. The van der Waals surface area contributed by atoms with Gasteiger partial charge in [-0.25, -0.2) is 0 Å². The first kappa shape index (κ1) is 73.9. The Hall–Kier alpha value is -2.11. The zero-order chi connectivity index (χ0) is 55.0. The summed E-state index contributed by atoms with van der Waals surface area (Å²) in [7, 11) is 0. The number of ether oxygens (including phenoxy) is 3. The van der Waals surface area contributed by atoms with Crippen molar-refractivity contribution in [2.75, 3.05) is 13.2 Å². The minimum absolute atomic E-state index is 0.0661. The van der Waals surface area contributed by atoms with Gasteiger partial charge >= 0.3 is 17.9 Å². The molecule has 0 aromatic carbocycles. The van der Waals surface area contributed by atoms with E-state index < -0.39 is 6.10 Å². The molecule has 6 heteroatoms. The van der Waals surface area contributed by atoms with Crippen LogP contribution in [0.5, 0.6) is 0 Å². The first-order chi connectivity index (χ1) is 37.5. The molecule has 0 aliphatic rings. The molecule has 448 valence electrons. The van der Waals surface area contributed by atoms with Crippen LogP contribution in [0.2, 0.25) is 0 Å². The number of rotatable bonds is 64. The van der Waals surface area contributed by atoms with E-state index in [0.717, 1.165) is 57.8 Å². The van der Waals surface area contributed by atoms with Crippen LogP contribution >= 0.6 is 0 Å². The Morgan fingerprint density at radius 2 is 0.434 bits per heavy atom. The van der Waals surface area contributed by atoms with Gasteiger partial charge in [-0.2, -0.15) is 0 Å². The van der Waals surface area contributed by atoms with E-state index in [1.54, 1.807) is 0 Å². The maximum Gasteiger partial charge on any atom is 0.306 e. The van der Waals surface area contributed by atoms with Crippen LogP contribution in [0.3, 0.4) is 0 Å². The van der Waals surface area contributed by atoms with Crippen molar-refractivity contribution >= 4 is 17.9 Å². The van der Waals surface area contributed by atoms with Crippen molar-refractivity contribution in [3.05, 3.63) is 24.3 Å². The molecule has 0 bridgehead atoms. The highest BCUT2D eigenvalue weighted by molar-refractivity contribution is 5.71. The topological polar surface area (TPSA) is 78.9 Å². The molecule has 0 amide bonds. The molecule has 0 spiro atoms. The number of carbonyl (C=O) groups is 3. The van der Waals surface area contributed by atoms with Crippen molar-refractivity contribution in [2.45, 2.75) is 393 Å². The fourth-order valence-electron chi connectivity index (χ4n) is 10.5. The normalized spacial score (nSPS) is 12.1. The summed E-state index contributed by atoms with van der Waals surface area (Å²) < 4.78 is 17.0. The molecule has 1 atom stereocenters. The lowest BCUT2D eigenvalue weighted by Crippen LogP contribution is -2.30. The number of hydrogen-bond donors (Lipinski definition) is 0. The number of unbranched alkanes of at least 4 members (excludes halogenated alkanes) is 49. The van der Waals surface area contributed by atoms with Gasteiger partial charge in [0.2, 0.25) is 0 Å². The zero-order valence-electron chi connectivity index (χ0n) is 51.6. The number of hydrogen-bond acceptors (Lipinski definition) is 6. The van der Waals surface area contributed by atoms with Crippen molar-refractivity contribution in [3.8, 4) is 0 Å². The smallest absolute Gasteiger partial charge is 0.306 e. The van der Waals surface area contributed by atoms with Crippen LogP contribution in [0, 0.1) is 0 Å². The summed E-state index contributed by atoms with van der Waals surface area (Å²) in [4.78, 5) is 38.4. The van der Waals surface area contributed by atoms with Gasteiger partial charge in [0.25, 0.3) is 0 Å². The molecule has 0 aliphatic carbocycles. The fourth-order valence-corrected chi connectivity index (χ4v) is 10.5. The maximum atomic E-state index is 12.9. The predicted octanol–water partition coefficient (Wildman–Crippen LogP) is 23.4. The molecule has 0 fully saturated rings. The standard InChI is InChI=1S/C70H132O6/c1-4-7-10-13-16-19-22-25-27-29-31-33-35-37-39-41-43-45-48-51-54-57-60-63-69(72)75-66-67(65-74-68(71)62-59-56-53-50-47-24-21-18-15-12-9-6-3)76-70(73)64-61-58-55-52-49-46-44-42-40-38-36-34-32-30-28-26-23-20-17-14-11-8-5-2/h29-32,67H,4-28,33-66H2,1-3H3/b31-29-,32-30-. The van der Waals surface area contributed by atoms with Crippen LogP contribution in [0.15, 0.2) is 24.3 Å². The Morgan fingerprint density at radius 1 is 0.250 bits per heavy atom. The highest BCUT2D eigenvalue weighted by Crippen LogP contribution is 2.18. The van der Waals surface area contributed by atoms with Gasteiger partial charge in [0.1, 0.15) is 13.2 Å². The minimum atomic E-state index is -0.769. The Morgan fingerprint density at radius 3 is 0.658 bits per heavy atom. The van der Waals surface area contributed by atoms with Gasteiger partial charge in [0.05, 0.1) is 0 Å². The second-order valence-electron chi connectivity index (χ2n) is 23.4. The van der Waals surface area contributed by atoms with Crippen molar-refractivity contribution < 1.29 is 28.6 Å². The summed E-state index contributed by atoms with van der Waals surface area (Å²) in [5, 5.41) is 0. The van der Waals surface area contributed by atoms with Crippen LogP contribution < -0.4 is 0 Å². The second kappa shape index (κ2) is 65.4. The van der Waals surface area contributed by atoms with Crippen LogP contribution in [0.25, 0.3) is 0 Å². The number of carbonyl (C=O) groups excluding carboxylic acids is 3. The Labute approximate surface area is 474 Å². The summed E-state index contributed by atoms with van der Waals surface area (Å²) in [5.41, 5.74) is 0. The van der Waals surface area contributed by atoms with E-state index in [9.17, 15) is 14.4 Å². The quantitative estimate of drug-likeness (QED) is 0.0261. The molecule has 0 aromatic heterocycles. The van der Waals surface area contributed by atoms with Crippen molar-refractivity contribution in [1.29, 1.82) is 0 Å². The van der Waals surface area contributed by atoms with E-state index in [-0.39, 0.29) is 31.1 Å². The second-order valence-corrected chi connectivity index (χ2v) is 23.4. The van der Waals surface area contributed by atoms with Gasteiger partial charge < -0.3 is 14.2 Å². The molecular formula is C70H132O6. The van der Waals surface area contributed by atoms with Crippen LogP contribution in [-0.2, 0) is 28.6 Å². The molecule has 0 rings (SSSR count). The SMILES string of the molecule is CCCCCCCCCC/C=C\CCCCCCCCCCCCCC(=O)OCC(COC(=O)CCCCCCCCCCCCCC)OC(=O)CCCCCCCCCCCCC/C=C\CCCCCCCCCC. The van der Waals surface area contributed by atoms with Crippen molar-refractivity contribution in [2.24, 2.45) is 0 Å². The van der Waals surface area contributed by atoms with Gasteiger partial charge in [-0.05, 0) is 70.6 Å². The van der Waals surface area contributed by atoms with Crippen LogP contribution in [-0.4, -0.2) is 37.2 Å². The van der Waals surface area contributed by atoms with E-state index >= 15 is 0 Å². The molecule has 0 saturated heterocycles. The van der Waals surface area contributed by atoms with Crippen molar-refractivity contribution in [3.63, 3.8) is 0 Å². The van der Waals surface area contributed by atoms with Crippen LogP contribution in [0.4, 0.5) is 0 Å². The van der Waals surface area contributed by atoms with E-state index in [1.807, 2.05) is 0 Å².